The number of fused-ring (bicyclic) bond motifs is 5. The van der Waals surface area contributed by atoms with Gasteiger partial charge in [-0.3, -0.25) is 4.90 Å². The third-order valence-corrected chi connectivity index (χ3v) is 5.97. The molecule has 0 spiro atoms. The van der Waals surface area contributed by atoms with E-state index in [4.69, 9.17) is 0 Å². The van der Waals surface area contributed by atoms with Crippen LogP contribution in [0.5, 0.6) is 0 Å². The lowest BCUT2D eigenvalue weighted by Crippen LogP contribution is -2.49. The number of aromatic amines is 1. The average molecular weight is 293 g/mol. The second kappa shape index (κ2) is 5.14. The van der Waals surface area contributed by atoms with Gasteiger partial charge in [-0.25, -0.2) is 0 Å². The molecule has 2 aliphatic heterocycles. The van der Waals surface area contributed by atoms with Gasteiger partial charge in [0.1, 0.15) is 0 Å². The minimum atomic E-state index is 0.114. The Balaban J connectivity index is 1.90. The maximum atomic E-state index is 9.41. The van der Waals surface area contributed by atoms with Gasteiger partial charge in [-0.2, -0.15) is 5.26 Å². The summed E-state index contributed by atoms with van der Waals surface area (Å²) < 4.78 is 0. The molecule has 1 N–H and O–H groups in total. The Hall–Kier alpha value is -1.79. The zero-order valence-electron chi connectivity index (χ0n) is 13.2. The molecule has 0 bridgehead atoms. The number of H-pyrrole nitrogens is 1. The van der Waals surface area contributed by atoms with Gasteiger partial charge in [0.2, 0.25) is 0 Å². The van der Waals surface area contributed by atoms with Gasteiger partial charge in [-0.1, -0.05) is 25.1 Å². The van der Waals surface area contributed by atoms with Crippen LogP contribution in [0.1, 0.15) is 49.9 Å². The molecule has 114 valence electrons. The van der Waals surface area contributed by atoms with Gasteiger partial charge in [-0.15, -0.1) is 0 Å². The predicted octanol–water partition coefficient (Wildman–Crippen LogP) is 4.17. The molecule has 1 fully saturated rings. The third kappa shape index (κ3) is 1.84. The normalized spacial score (nSPS) is 28.1. The highest BCUT2D eigenvalue weighted by Gasteiger charge is 2.47. The van der Waals surface area contributed by atoms with Gasteiger partial charge >= 0.3 is 0 Å². The van der Waals surface area contributed by atoms with Gasteiger partial charge < -0.3 is 4.98 Å². The van der Waals surface area contributed by atoms with Gasteiger partial charge in [0.15, 0.2) is 0 Å². The maximum Gasteiger partial charge on any atom is 0.0628 e. The van der Waals surface area contributed by atoms with Crippen molar-refractivity contribution in [3.05, 3.63) is 35.5 Å². The van der Waals surface area contributed by atoms with Crippen LogP contribution in [-0.4, -0.2) is 23.0 Å². The molecule has 22 heavy (non-hydrogen) atoms. The van der Waals surface area contributed by atoms with Crippen molar-refractivity contribution >= 4 is 10.9 Å². The summed E-state index contributed by atoms with van der Waals surface area (Å²) in [5.74, 6) is 0. The van der Waals surface area contributed by atoms with Crippen LogP contribution < -0.4 is 0 Å². The predicted molar refractivity (Wildman–Crippen MR) is 88.5 cm³/mol. The summed E-state index contributed by atoms with van der Waals surface area (Å²) in [4.78, 5) is 6.34. The molecule has 2 atom stereocenters. The second-order valence-electron chi connectivity index (χ2n) is 6.91. The van der Waals surface area contributed by atoms with E-state index in [1.54, 1.807) is 0 Å². The molecule has 4 rings (SSSR count). The topological polar surface area (TPSA) is 42.8 Å². The average Bonchev–Trinajstić information content (AvgIpc) is 2.93. The summed E-state index contributed by atoms with van der Waals surface area (Å²) in [6, 6.07) is 11.5. The first kappa shape index (κ1) is 13.8. The molecule has 0 amide bonds. The Kier molecular flexibility index (Phi) is 3.23. The van der Waals surface area contributed by atoms with E-state index in [0.29, 0.717) is 12.5 Å². The minimum absolute atomic E-state index is 0.114. The zero-order chi connectivity index (χ0) is 15.2. The van der Waals surface area contributed by atoms with Crippen molar-refractivity contribution in [2.24, 2.45) is 5.41 Å². The standard InChI is InChI=1S/C19H23N3/c1-2-19(10-11-20)9-5-12-22-13-8-15-14-6-3-4-7-16(14)21-17(15)18(19)22/h3-4,6-7,18,21H,2,5,8-10,12-13H2,1H3/t18-,19+/m1/s1. The molecule has 0 aliphatic carbocycles. The van der Waals surface area contributed by atoms with Crippen molar-refractivity contribution in [3.8, 4) is 6.07 Å². The smallest absolute Gasteiger partial charge is 0.0628 e. The van der Waals surface area contributed by atoms with Crippen molar-refractivity contribution in [3.63, 3.8) is 0 Å². The molecule has 0 saturated carbocycles. The summed E-state index contributed by atoms with van der Waals surface area (Å²) in [7, 11) is 0. The van der Waals surface area contributed by atoms with Gasteiger partial charge in [-0.05, 0) is 43.9 Å². The summed E-state index contributed by atoms with van der Waals surface area (Å²) in [6.07, 6.45) is 5.27. The summed E-state index contributed by atoms with van der Waals surface area (Å²) in [6.45, 7) is 4.57. The SMILES string of the molecule is CC[C@@]1(CC#N)CCCN2CCc3c([nH]c4ccccc34)[C@@H]21. The summed E-state index contributed by atoms with van der Waals surface area (Å²) in [5, 5.41) is 10.8. The highest BCUT2D eigenvalue weighted by Crippen LogP contribution is 2.53. The van der Waals surface area contributed by atoms with Crippen LogP contribution in [0.2, 0.25) is 0 Å². The molecule has 3 heterocycles. The molecule has 2 aliphatic rings. The van der Waals surface area contributed by atoms with Crippen LogP contribution >= 0.6 is 0 Å². The van der Waals surface area contributed by atoms with Crippen molar-refractivity contribution in [2.75, 3.05) is 13.1 Å². The first-order chi connectivity index (χ1) is 10.8. The maximum absolute atomic E-state index is 9.41. The molecule has 2 aromatic rings. The van der Waals surface area contributed by atoms with Crippen LogP contribution in [0, 0.1) is 16.7 Å². The molecule has 1 aromatic heterocycles. The Morgan fingerprint density at radius 1 is 1.36 bits per heavy atom. The van der Waals surface area contributed by atoms with Gasteiger partial charge in [0.05, 0.1) is 12.1 Å². The van der Waals surface area contributed by atoms with Crippen LogP contribution in [0.3, 0.4) is 0 Å². The monoisotopic (exact) mass is 293 g/mol. The van der Waals surface area contributed by atoms with E-state index in [1.807, 2.05) is 0 Å². The number of nitriles is 1. The Morgan fingerprint density at radius 2 is 2.23 bits per heavy atom. The van der Waals surface area contributed by atoms with Crippen molar-refractivity contribution in [1.82, 2.24) is 9.88 Å². The van der Waals surface area contributed by atoms with E-state index >= 15 is 0 Å². The number of hydrogen-bond donors (Lipinski definition) is 1. The van der Waals surface area contributed by atoms with E-state index in [0.717, 1.165) is 19.4 Å². The van der Waals surface area contributed by atoms with E-state index in [2.05, 4.69) is 47.1 Å². The first-order valence-corrected chi connectivity index (χ1v) is 8.49. The molecule has 3 nitrogen and oxygen atoms in total. The number of aromatic nitrogens is 1. The van der Waals surface area contributed by atoms with E-state index < -0.39 is 0 Å². The van der Waals surface area contributed by atoms with Gasteiger partial charge in [0, 0.05) is 35.0 Å². The number of rotatable bonds is 2. The lowest BCUT2D eigenvalue weighted by atomic mass is 9.66. The van der Waals surface area contributed by atoms with Gasteiger partial charge in [0.25, 0.3) is 0 Å². The van der Waals surface area contributed by atoms with Crippen molar-refractivity contribution in [1.29, 1.82) is 5.26 Å². The van der Waals surface area contributed by atoms with Crippen LogP contribution in [0.15, 0.2) is 24.3 Å². The Labute approximate surface area is 131 Å². The fourth-order valence-corrected chi connectivity index (χ4v) is 4.83. The van der Waals surface area contributed by atoms with Crippen LogP contribution in [0.25, 0.3) is 10.9 Å². The fraction of sp³-hybridized carbons (Fsp3) is 0.526. The Bertz CT molecular complexity index is 739. The van der Waals surface area contributed by atoms with Crippen LogP contribution in [-0.2, 0) is 6.42 Å². The molecule has 1 aromatic carbocycles. The van der Waals surface area contributed by atoms with Crippen molar-refractivity contribution < 1.29 is 0 Å². The first-order valence-electron chi connectivity index (χ1n) is 8.49. The van der Waals surface area contributed by atoms with Crippen LogP contribution in [0.4, 0.5) is 0 Å². The molecule has 0 unspecified atom stereocenters. The number of nitrogens with one attached hydrogen (secondary N) is 1. The number of para-hydroxylation sites is 1. The minimum Gasteiger partial charge on any atom is -0.357 e. The quantitative estimate of drug-likeness (QED) is 0.903. The fourth-order valence-electron chi connectivity index (χ4n) is 4.83. The van der Waals surface area contributed by atoms with E-state index in [-0.39, 0.29) is 5.41 Å². The summed E-state index contributed by atoms with van der Waals surface area (Å²) in [5.41, 5.74) is 4.25. The number of nitrogens with zero attached hydrogens (tertiary/aromatic N) is 2. The molecule has 3 heteroatoms. The molecular weight excluding hydrogens is 270 g/mol. The largest absolute Gasteiger partial charge is 0.357 e. The second-order valence-corrected chi connectivity index (χ2v) is 6.91. The van der Waals surface area contributed by atoms with E-state index in [9.17, 15) is 5.26 Å². The molecule has 1 saturated heterocycles. The number of hydrogen-bond acceptors (Lipinski definition) is 2. The van der Waals surface area contributed by atoms with E-state index in [1.165, 1.54) is 41.5 Å². The lowest BCUT2D eigenvalue weighted by Gasteiger charge is -2.51. The number of benzene rings is 1. The summed E-state index contributed by atoms with van der Waals surface area (Å²) >= 11 is 0. The zero-order valence-corrected chi connectivity index (χ0v) is 13.2. The lowest BCUT2D eigenvalue weighted by molar-refractivity contribution is 0.00174. The Morgan fingerprint density at radius 3 is 3.05 bits per heavy atom. The number of piperidine rings is 1. The third-order valence-electron chi connectivity index (χ3n) is 5.97. The highest BCUT2D eigenvalue weighted by atomic mass is 15.2. The highest BCUT2D eigenvalue weighted by molar-refractivity contribution is 5.85. The van der Waals surface area contributed by atoms with Crippen molar-refractivity contribution in [2.45, 2.75) is 45.1 Å². The molecular formula is C19H23N3. The molecule has 0 radical (unpaired) electrons.